The SMILES string of the molecule is O=C1NC(=O)N(c2cccc([N+](=O)[O-])c2)C(=O)/C1=C/c1ccccc1Cc1ccccc1F. The molecule has 0 saturated carbocycles. The number of non-ortho nitro benzene ring substituents is 1. The third kappa shape index (κ3) is 4.38. The smallest absolute Gasteiger partial charge is 0.273 e. The molecular formula is C24H16FN3O5. The van der Waals surface area contributed by atoms with Crippen LogP contribution in [0.1, 0.15) is 16.7 Å². The Bertz CT molecular complexity index is 1330. The third-order valence-electron chi connectivity index (χ3n) is 5.09. The van der Waals surface area contributed by atoms with Gasteiger partial charge in [0.15, 0.2) is 0 Å². The summed E-state index contributed by atoms with van der Waals surface area (Å²) in [5.74, 6) is -2.20. The molecule has 0 aliphatic carbocycles. The summed E-state index contributed by atoms with van der Waals surface area (Å²) in [7, 11) is 0. The summed E-state index contributed by atoms with van der Waals surface area (Å²) in [6.45, 7) is 0. The topological polar surface area (TPSA) is 110 Å². The van der Waals surface area contributed by atoms with E-state index in [0.29, 0.717) is 21.6 Å². The van der Waals surface area contributed by atoms with Gasteiger partial charge < -0.3 is 0 Å². The first kappa shape index (κ1) is 21.6. The van der Waals surface area contributed by atoms with Crippen LogP contribution in [0.2, 0.25) is 0 Å². The molecule has 0 unspecified atom stereocenters. The molecule has 8 nitrogen and oxygen atoms in total. The second-order valence-corrected chi connectivity index (χ2v) is 7.20. The number of nitrogens with zero attached hydrogens (tertiary/aromatic N) is 2. The van der Waals surface area contributed by atoms with E-state index < -0.39 is 22.8 Å². The van der Waals surface area contributed by atoms with Crippen molar-refractivity contribution < 1.29 is 23.7 Å². The molecule has 33 heavy (non-hydrogen) atoms. The number of amides is 4. The predicted molar refractivity (Wildman–Crippen MR) is 118 cm³/mol. The summed E-state index contributed by atoms with van der Waals surface area (Å²) in [5.41, 5.74) is 0.899. The van der Waals surface area contributed by atoms with E-state index in [9.17, 15) is 28.9 Å². The number of imide groups is 2. The van der Waals surface area contributed by atoms with Crippen LogP contribution in [0.4, 0.5) is 20.6 Å². The zero-order chi connectivity index (χ0) is 23.5. The molecular weight excluding hydrogens is 429 g/mol. The monoisotopic (exact) mass is 445 g/mol. The number of rotatable bonds is 5. The van der Waals surface area contributed by atoms with Gasteiger partial charge in [-0.2, -0.15) is 0 Å². The number of hydrogen-bond acceptors (Lipinski definition) is 5. The summed E-state index contributed by atoms with van der Waals surface area (Å²) in [4.78, 5) is 49.0. The molecule has 0 atom stereocenters. The maximum absolute atomic E-state index is 14.1. The van der Waals surface area contributed by atoms with Crippen LogP contribution in [0, 0.1) is 15.9 Å². The van der Waals surface area contributed by atoms with Gasteiger partial charge in [-0.25, -0.2) is 14.1 Å². The molecule has 0 bridgehead atoms. The second-order valence-electron chi connectivity index (χ2n) is 7.20. The largest absolute Gasteiger partial charge is 0.335 e. The highest BCUT2D eigenvalue weighted by Crippen LogP contribution is 2.26. The minimum atomic E-state index is -1.01. The summed E-state index contributed by atoms with van der Waals surface area (Å²) in [6, 6.07) is 17.1. The van der Waals surface area contributed by atoms with Crippen molar-refractivity contribution in [3.05, 3.63) is 111 Å². The third-order valence-corrected chi connectivity index (χ3v) is 5.09. The van der Waals surface area contributed by atoms with Crippen molar-refractivity contribution >= 4 is 35.3 Å². The Labute approximate surface area is 187 Å². The fraction of sp³-hybridized carbons (Fsp3) is 0.0417. The molecule has 4 amide bonds. The molecule has 9 heteroatoms. The van der Waals surface area contributed by atoms with E-state index in [1.54, 1.807) is 42.5 Å². The number of nitro groups is 1. The standard InChI is InChI=1S/C24H16FN3O5/c25-21-11-4-3-8-17(21)12-15-6-1-2-7-16(15)13-20-22(29)26-24(31)27(23(20)30)18-9-5-10-19(14-18)28(32)33/h1-11,13-14H,12H2,(H,26,29,31)/b20-13+. The lowest BCUT2D eigenvalue weighted by Gasteiger charge is -2.26. The Hall–Kier alpha value is -4.66. The minimum Gasteiger partial charge on any atom is -0.273 e. The Morgan fingerprint density at radius 2 is 1.64 bits per heavy atom. The number of carbonyl (C=O) groups excluding carboxylic acids is 3. The highest BCUT2D eigenvalue weighted by Gasteiger charge is 2.37. The number of nitrogens with one attached hydrogen (secondary N) is 1. The van der Waals surface area contributed by atoms with E-state index in [-0.39, 0.29) is 29.2 Å². The highest BCUT2D eigenvalue weighted by atomic mass is 19.1. The van der Waals surface area contributed by atoms with Crippen LogP contribution >= 0.6 is 0 Å². The van der Waals surface area contributed by atoms with Gasteiger partial charge in [0, 0.05) is 18.6 Å². The lowest BCUT2D eigenvalue weighted by Crippen LogP contribution is -2.54. The second kappa shape index (κ2) is 8.83. The van der Waals surface area contributed by atoms with Gasteiger partial charge in [-0.05, 0) is 34.9 Å². The first-order valence-electron chi connectivity index (χ1n) is 9.82. The van der Waals surface area contributed by atoms with Crippen molar-refractivity contribution in [1.29, 1.82) is 0 Å². The molecule has 1 heterocycles. The van der Waals surface area contributed by atoms with Gasteiger partial charge in [0.05, 0.1) is 10.6 Å². The van der Waals surface area contributed by atoms with Crippen LogP contribution in [0.25, 0.3) is 6.08 Å². The van der Waals surface area contributed by atoms with Gasteiger partial charge in [-0.3, -0.25) is 25.0 Å². The van der Waals surface area contributed by atoms with Crippen LogP contribution in [0.5, 0.6) is 0 Å². The van der Waals surface area contributed by atoms with Crippen molar-refractivity contribution in [2.75, 3.05) is 4.90 Å². The normalized spacial score (nSPS) is 15.0. The average Bonchev–Trinajstić information content (AvgIpc) is 2.79. The first-order chi connectivity index (χ1) is 15.8. The molecule has 1 aliphatic rings. The van der Waals surface area contributed by atoms with E-state index in [1.165, 1.54) is 30.3 Å². The number of urea groups is 1. The number of carbonyl (C=O) groups is 3. The molecule has 0 aromatic heterocycles. The number of halogens is 1. The maximum atomic E-state index is 14.1. The number of benzene rings is 3. The Balaban J connectivity index is 1.73. The first-order valence-corrected chi connectivity index (χ1v) is 9.82. The van der Waals surface area contributed by atoms with Crippen molar-refractivity contribution in [2.45, 2.75) is 6.42 Å². The average molecular weight is 445 g/mol. The molecule has 164 valence electrons. The predicted octanol–water partition coefficient (Wildman–Crippen LogP) is 3.99. The zero-order valence-corrected chi connectivity index (χ0v) is 17.0. The quantitative estimate of drug-likeness (QED) is 0.276. The minimum absolute atomic E-state index is 0.0512. The number of anilines is 1. The van der Waals surface area contributed by atoms with Crippen LogP contribution in [-0.4, -0.2) is 22.8 Å². The van der Waals surface area contributed by atoms with Crippen LogP contribution < -0.4 is 10.2 Å². The molecule has 1 N–H and O–H groups in total. The summed E-state index contributed by atoms with van der Waals surface area (Å²) < 4.78 is 14.1. The lowest BCUT2D eigenvalue weighted by atomic mass is 9.97. The van der Waals surface area contributed by atoms with Crippen LogP contribution in [0.15, 0.2) is 78.4 Å². The van der Waals surface area contributed by atoms with Crippen molar-refractivity contribution in [1.82, 2.24) is 5.32 Å². The summed E-state index contributed by atoms with van der Waals surface area (Å²) in [6.07, 6.45) is 1.54. The number of barbiturate groups is 1. The van der Waals surface area contributed by atoms with E-state index in [2.05, 4.69) is 5.32 Å². The van der Waals surface area contributed by atoms with Gasteiger partial charge in [0.2, 0.25) is 0 Å². The molecule has 0 spiro atoms. The molecule has 3 aromatic rings. The van der Waals surface area contributed by atoms with Crippen LogP contribution in [-0.2, 0) is 16.0 Å². The summed E-state index contributed by atoms with van der Waals surface area (Å²) in [5, 5.41) is 13.2. The number of hydrogen-bond donors (Lipinski definition) is 1. The Morgan fingerprint density at radius 1 is 0.939 bits per heavy atom. The van der Waals surface area contributed by atoms with Gasteiger partial charge in [-0.15, -0.1) is 0 Å². The highest BCUT2D eigenvalue weighted by molar-refractivity contribution is 6.39. The van der Waals surface area contributed by atoms with Gasteiger partial charge in [-0.1, -0.05) is 48.5 Å². The fourth-order valence-electron chi connectivity index (χ4n) is 3.48. The van der Waals surface area contributed by atoms with Gasteiger partial charge >= 0.3 is 6.03 Å². The zero-order valence-electron chi connectivity index (χ0n) is 17.0. The molecule has 1 fully saturated rings. The van der Waals surface area contributed by atoms with Crippen molar-refractivity contribution in [3.8, 4) is 0 Å². The van der Waals surface area contributed by atoms with Crippen molar-refractivity contribution in [3.63, 3.8) is 0 Å². The molecule has 4 rings (SSSR count). The number of nitro benzene ring substituents is 1. The van der Waals surface area contributed by atoms with Crippen molar-refractivity contribution in [2.24, 2.45) is 0 Å². The molecule has 1 aliphatic heterocycles. The molecule has 3 aromatic carbocycles. The van der Waals surface area contributed by atoms with E-state index in [1.807, 2.05) is 0 Å². The van der Waals surface area contributed by atoms with E-state index in [4.69, 9.17) is 0 Å². The van der Waals surface area contributed by atoms with Crippen LogP contribution in [0.3, 0.4) is 0 Å². The molecule has 0 radical (unpaired) electrons. The maximum Gasteiger partial charge on any atom is 0.335 e. The van der Waals surface area contributed by atoms with Gasteiger partial charge in [0.25, 0.3) is 17.5 Å². The fourth-order valence-corrected chi connectivity index (χ4v) is 3.48. The molecule has 1 saturated heterocycles. The Morgan fingerprint density at radius 3 is 2.36 bits per heavy atom. The summed E-state index contributed by atoms with van der Waals surface area (Å²) >= 11 is 0. The lowest BCUT2D eigenvalue weighted by molar-refractivity contribution is -0.384. The van der Waals surface area contributed by atoms with E-state index >= 15 is 0 Å². The van der Waals surface area contributed by atoms with Gasteiger partial charge in [0.1, 0.15) is 11.4 Å². The van der Waals surface area contributed by atoms with E-state index in [0.717, 1.165) is 6.07 Å². The Kier molecular flexibility index (Phi) is 5.77.